The lowest BCUT2D eigenvalue weighted by atomic mass is 9.76. The Morgan fingerprint density at radius 1 is 0.862 bits per heavy atom. The highest BCUT2D eigenvalue weighted by molar-refractivity contribution is 6.39. The van der Waals surface area contributed by atoms with Crippen LogP contribution < -0.4 is 0 Å². The number of esters is 1. The number of nitrogens with zero attached hydrogens (tertiary/aromatic N) is 1. The Labute approximate surface area is 388 Å². The number of ketones is 3. The van der Waals surface area contributed by atoms with Crippen LogP contribution in [-0.2, 0) is 47.7 Å². The molecule has 4 aliphatic rings. The second kappa shape index (κ2) is 25.2. The van der Waals surface area contributed by atoms with Crippen molar-refractivity contribution in [1.29, 1.82) is 0 Å². The predicted octanol–water partition coefficient (Wildman–Crippen LogP) is 7.46. The summed E-state index contributed by atoms with van der Waals surface area (Å²) in [4.78, 5) is 71.9. The van der Waals surface area contributed by atoms with E-state index in [4.69, 9.17) is 23.7 Å². The number of aliphatic hydroxyl groups excluding tert-OH is 1. The molecule has 13 heteroatoms. The highest BCUT2D eigenvalue weighted by atomic mass is 16.6. The summed E-state index contributed by atoms with van der Waals surface area (Å²) in [5.74, 6) is -7.06. The van der Waals surface area contributed by atoms with Crippen LogP contribution in [0.2, 0.25) is 0 Å². The number of fused-ring (bicyclic) bond motifs is 3. The first-order valence-electron chi connectivity index (χ1n) is 24.2. The van der Waals surface area contributed by atoms with Crippen LogP contribution >= 0.6 is 0 Å². The van der Waals surface area contributed by atoms with Crippen molar-refractivity contribution in [2.75, 3.05) is 27.9 Å². The van der Waals surface area contributed by atoms with Gasteiger partial charge in [0.1, 0.15) is 18.2 Å². The molecule has 366 valence electrons. The van der Waals surface area contributed by atoms with Gasteiger partial charge in [0.05, 0.1) is 24.4 Å². The zero-order chi connectivity index (χ0) is 48.2. The lowest BCUT2D eigenvalue weighted by Gasteiger charge is -2.42. The van der Waals surface area contributed by atoms with Gasteiger partial charge in [0.25, 0.3) is 11.7 Å². The zero-order valence-corrected chi connectivity index (χ0v) is 41.2. The van der Waals surface area contributed by atoms with Crippen molar-refractivity contribution in [2.45, 2.75) is 181 Å². The van der Waals surface area contributed by atoms with Crippen LogP contribution in [0.1, 0.15) is 132 Å². The van der Waals surface area contributed by atoms with E-state index in [0.717, 1.165) is 24.8 Å². The first-order valence-corrected chi connectivity index (χ1v) is 24.2. The van der Waals surface area contributed by atoms with Gasteiger partial charge in [0.2, 0.25) is 5.79 Å². The van der Waals surface area contributed by atoms with E-state index in [1.54, 1.807) is 41.1 Å². The summed E-state index contributed by atoms with van der Waals surface area (Å²) < 4.78 is 29.7. The van der Waals surface area contributed by atoms with Crippen LogP contribution in [-0.4, -0.2) is 121 Å². The summed E-state index contributed by atoms with van der Waals surface area (Å²) in [6, 6.07) is -1.11. The lowest BCUT2D eigenvalue weighted by Crippen LogP contribution is -2.61. The SMILES string of the molecule is CO[C@H]1C[C@@H]2CC[C@@H](C)[C@@](O)(O2)C(=O)C(=O)N2CCCC[C@H]2C(=O)O[C@H]([C@H](C)C[C@@H]2CC[C@H](C)[C@H](OC)C2)CC(=O)C(C)=CC(C)[C@@H](O)[C@@H](OC)C(=O)[C@H](C)C[C@H](C)C=CC=CC=C1C. The van der Waals surface area contributed by atoms with Crippen LogP contribution in [0.5, 0.6) is 0 Å². The summed E-state index contributed by atoms with van der Waals surface area (Å²) in [5.41, 5.74) is 1.23. The molecule has 2 saturated heterocycles. The number of piperidine rings is 1. The van der Waals surface area contributed by atoms with E-state index in [1.165, 1.54) is 12.0 Å². The Morgan fingerprint density at radius 2 is 1.58 bits per heavy atom. The Balaban J connectivity index is 1.70. The molecular formula is C52H81NO12. The number of hydrogen-bond acceptors (Lipinski definition) is 12. The first-order chi connectivity index (χ1) is 30.7. The number of ether oxygens (including phenoxy) is 5. The minimum absolute atomic E-state index is 0.0331. The van der Waals surface area contributed by atoms with E-state index < -0.39 is 77.8 Å². The van der Waals surface area contributed by atoms with Crippen LogP contribution in [0.4, 0.5) is 0 Å². The molecule has 0 aromatic rings. The molecular weight excluding hydrogens is 831 g/mol. The highest BCUT2D eigenvalue weighted by Crippen LogP contribution is 2.38. The first kappa shape index (κ1) is 54.3. The largest absolute Gasteiger partial charge is 0.460 e. The maximum Gasteiger partial charge on any atom is 0.329 e. The Hall–Kier alpha value is -3.33. The summed E-state index contributed by atoms with van der Waals surface area (Å²) in [7, 11) is 4.71. The quantitative estimate of drug-likeness (QED) is 0.199. The molecule has 0 aromatic carbocycles. The zero-order valence-electron chi connectivity index (χ0n) is 41.2. The molecule has 2 N–H and O–H groups in total. The van der Waals surface area contributed by atoms with Gasteiger partial charge in [0.15, 0.2) is 11.6 Å². The molecule has 1 saturated carbocycles. The van der Waals surface area contributed by atoms with Crippen molar-refractivity contribution in [1.82, 2.24) is 4.90 Å². The Bertz CT molecular complexity index is 1750. The molecule has 13 nitrogen and oxygen atoms in total. The summed E-state index contributed by atoms with van der Waals surface area (Å²) in [6.07, 6.45) is 13.7. The van der Waals surface area contributed by atoms with Crippen LogP contribution in [0, 0.1) is 41.4 Å². The summed E-state index contributed by atoms with van der Waals surface area (Å²) >= 11 is 0. The predicted molar refractivity (Wildman–Crippen MR) is 248 cm³/mol. The van der Waals surface area contributed by atoms with Gasteiger partial charge >= 0.3 is 5.97 Å². The van der Waals surface area contributed by atoms with E-state index in [2.05, 4.69) is 6.92 Å². The fourth-order valence-electron chi connectivity index (χ4n) is 10.4. The number of Topliss-reactive ketones (excluding diaryl/α,β-unsaturated/α-hetero) is 3. The number of methoxy groups -OCH3 is 3. The van der Waals surface area contributed by atoms with Crippen LogP contribution in [0.3, 0.4) is 0 Å². The van der Waals surface area contributed by atoms with Crippen molar-refractivity contribution in [3.05, 3.63) is 47.6 Å². The molecule has 0 radical (unpaired) electrons. The third-order valence-electron chi connectivity index (χ3n) is 14.9. The van der Waals surface area contributed by atoms with E-state index in [9.17, 15) is 34.2 Å². The monoisotopic (exact) mass is 912 g/mol. The molecule has 0 aromatic heterocycles. The molecule has 65 heavy (non-hydrogen) atoms. The molecule has 4 rings (SSSR count). The highest BCUT2D eigenvalue weighted by Gasteiger charge is 2.53. The minimum atomic E-state index is -2.41. The van der Waals surface area contributed by atoms with Gasteiger partial charge in [-0.15, -0.1) is 0 Å². The number of cyclic esters (lactones) is 1. The van der Waals surface area contributed by atoms with Gasteiger partial charge in [-0.3, -0.25) is 19.2 Å². The van der Waals surface area contributed by atoms with E-state index in [-0.39, 0.29) is 54.8 Å². The molecule has 15 atom stereocenters. The lowest BCUT2D eigenvalue weighted by molar-refractivity contribution is -0.265. The normalized spacial score (nSPS) is 37.8. The average molecular weight is 912 g/mol. The smallest absolute Gasteiger partial charge is 0.329 e. The molecule has 1 unspecified atom stereocenters. The number of carbonyl (C=O) groups is 5. The average Bonchev–Trinajstić information content (AvgIpc) is 3.28. The number of rotatable bonds is 6. The maximum atomic E-state index is 14.4. The van der Waals surface area contributed by atoms with E-state index in [0.29, 0.717) is 56.4 Å². The van der Waals surface area contributed by atoms with Gasteiger partial charge in [0, 0.05) is 58.5 Å². The topological polar surface area (TPSA) is 175 Å². The third-order valence-corrected chi connectivity index (χ3v) is 14.9. The summed E-state index contributed by atoms with van der Waals surface area (Å²) in [5, 5.41) is 23.4. The van der Waals surface area contributed by atoms with Gasteiger partial charge in [-0.05, 0) is 113 Å². The number of allylic oxidation sites excluding steroid dienone is 6. The van der Waals surface area contributed by atoms with Crippen LogP contribution in [0.25, 0.3) is 0 Å². The third kappa shape index (κ3) is 14.3. The second-order valence-corrected chi connectivity index (χ2v) is 20.0. The standard InChI is InChI=1S/C52H81NO12/c1-31-17-13-12-14-18-32(2)44(62-10)29-40-23-21-38(8)52(60,65-40)49(57)50(58)53-24-16-15-19-41(53)51(59)64-45(35(5)27-39-22-20-33(3)43(28-39)61-9)30-42(54)34(4)26-37(7)47(56)48(63-11)46(55)36(6)25-31/h12-14,17-18,26,31,33,35-41,43-45,47-48,56,60H,15-16,19-25,27-30H2,1-11H3/t31-,33+,35-,36-,37?,38-,39+,40+,41+,43-,44+,45+,47-,48+,52-/m1/s1. The fraction of sp³-hybridized carbons (Fsp3) is 0.750. The van der Waals surface area contributed by atoms with E-state index in [1.807, 2.05) is 58.1 Å². The molecule has 0 spiro atoms. The minimum Gasteiger partial charge on any atom is -0.460 e. The molecule has 3 heterocycles. The Morgan fingerprint density at radius 3 is 2.26 bits per heavy atom. The van der Waals surface area contributed by atoms with Crippen molar-refractivity contribution in [3.63, 3.8) is 0 Å². The number of aliphatic hydroxyl groups is 2. The van der Waals surface area contributed by atoms with Crippen LogP contribution in [0.15, 0.2) is 47.6 Å². The van der Waals surface area contributed by atoms with Gasteiger partial charge < -0.3 is 38.8 Å². The fourth-order valence-corrected chi connectivity index (χ4v) is 10.4. The number of hydrogen-bond donors (Lipinski definition) is 2. The van der Waals surface area contributed by atoms with Crippen molar-refractivity contribution >= 4 is 29.2 Å². The number of amides is 1. The van der Waals surface area contributed by atoms with Crippen molar-refractivity contribution in [3.8, 4) is 0 Å². The van der Waals surface area contributed by atoms with Crippen molar-refractivity contribution in [2.24, 2.45) is 41.4 Å². The van der Waals surface area contributed by atoms with Crippen molar-refractivity contribution < 1.29 is 57.9 Å². The summed E-state index contributed by atoms with van der Waals surface area (Å²) in [6.45, 7) is 15.1. The molecule has 2 bridgehead atoms. The molecule has 3 aliphatic heterocycles. The molecule has 1 aliphatic carbocycles. The molecule has 3 fully saturated rings. The van der Waals surface area contributed by atoms with Gasteiger partial charge in [-0.25, -0.2) is 4.79 Å². The number of carbonyl (C=O) groups excluding carboxylic acids is 5. The van der Waals surface area contributed by atoms with Gasteiger partial charge in [-0.1, -0.05) is 78.0 Å². The maximum absolute atomic E-state index is 14.4. The Kier molecular flexibility index (Phi) is 21.0. The van der Waals surface area contributed by atoms with Gasteiger partial charge in [-0.2, -0.15) is 0 Å². The second-order valence-electron chi connectivity index (χ2n) is 20.0. The van der Waals surface area contributed by atoms with E-state index >= 15 is 0 Å². The molecule has 1 amide bonds.